The maximum absolute atomic E-state index is 2.41. The lowest BCUT2D eigenvalue weighted by molar-refractivity contribution is 0.954. The van der Waals surface area contributed by atoms with Gasteiger partial charge in [-0.1, -0.05) is 45.9 Å². The monoisotopic (exact) mass is 278 g/mol. The molecule has 0 bridgehead atoms. The van der Waals surface area contributed by atoms with E-state index in [1.54, 1.807) is 0 Å². The smallest absolute Gasteiger partial charge is 0.00300 e. The largest absolute Gasteiger partial charge is 0.0860 e. The zero-order valence-electron chi connectivity index (χ0n) is 8.36. The van der Waals surface area contributed by atoms with E-state index in [9.17, 15) is 0 Å². The molecule has 0 aromatic heterocycles. The van der Waals surface area contributed by atoms with Gasteiger partial charge < -0.3 is 0 Å². The van der Waals surface area contributed by atoms with Gasteiger partial charge in [-0.05, 0) is 40.0 Å². The van der Waals surface area contributed by atoms with Crippen LogP contribution in [0.15, 0.2) is 23.3 Å². The van der Waals surface area contributed by atoms with Crippen molar-refractivity contribution in [2.45, 2.75) is 40.0 Å². The van der Waals surface area contributed by atoms with Gasteiger partial charge in [0.25, 0.3) is 0 Å². The lowest BCUT2D eigenvalue weighted by Gasteiger charge is -1.97. The van der Waals surface area contributed by atoms with E-state index in [1.165, 1.54) is 34.8 Å². The molecule has 0 aliphatic rings. The summed E-state index contributed by atoms with van der Waals surface area (Å²) in [6.45, 7) is 6.54. The van der Waals surface area contributed by atoms with Crippen LogP contribution in [-0.2, 0) is 0 Å². The number of hydrogen-bond donors (Lipinski definition) is 0. The Morgan fingerprint density at radius 1 is 1.08 bits per heavy atom. The van der Waals surface area contributed by atoms with Gasteiger partial charge in [0, 0.05) is 4.43 Å². The van der Waals surface area contributed by atoms with Gasteiger partial charge in [-0.25, -0.2) is 0 Å². The fraction of sp³-hybridized carbons (Fsp3) is 0.636. The van der Waals surface area contributed by atoms with Crippen LogP contribution in [0.4, 0.5) is 0 Å². The summed E-state index contributed by atoms with van der Waals surface area (Å²) < 4.78 is 1.23. The molecule has 0 atom stereocenters. The number of rotatable bonds is 5. The Morgan fingerprint density at radius 2 is 1.75 bits per heavy atom. The van der Waals surface area contributed by atoms with E-state index in [1.807, 2.05) is 0 Å². The Hall–Kier alpha value is 0.210. The van der Waals surface area contributed by atoms with Crippen LogP contribution in [0.3, 0.4) is 0 Å². The van der Waals surface area contributed by atoms with Gasteiger partial charge >= 0.3 is 0 Å². The summed E-state index contributed by atoms with van der Waals surface area (Å²) in [6, 6.07) is 0. The molecule has 0 heterocycles. The van der Waals surface area contributed by atoms with Gasteiger partial charge in [0.15, 0.2) is 0 Å². The number of alkyl halides is 1. The third kappa shape index (κ3) is 8.31. The minimum atomic E-state index is 1.20. The van der Waals surface area contributed by atoms with E-state index in [4.69, 9.17) is 0 Å². The molecule has 0 fully saturated rings. The number of allylic oxidation sites excluding steroid dienone is 4. The second kappa shape index (κ2) is 7.84. The molecule has 12 heavy (non-hydrogen) atoms. The third-order valence-electron chi connectivity index (χ3n) is 1.69. The molecule has 0 rings (SSSR count). The normalized spacial score (nSPS) is 11.5. The molecule has 0 N–H and O–H groups in total. The quantitative estimate of drug-likeness (QED) is 0.394. The standard InChI is InChI=1S/C11H19I/c1-10(2)6-4-7-11(3)8-5-9-12/h6,8H,4-5,7,9H2,1-3H3. The summed E-state index contributed by atoms with van der Waals surface area (Å²) in [5, 5.41) is 0. The van der Waals surface area contributed by atoms with Gasteiger partial charge in [0.1, 0.15) is 0 Å². The zero-order chi connectivity index (χ0) is 9.40. The summed E-state index contributed by atoms with van der Waals surface area (Å²) in [4.78, 5) is 0. The minimum Gasteiger partial charge on any atom is -0.0860 e. The first-order valence-corrected chi connectivity index (χ1v) is 6.04. The molecule has 0 spiro atoms. The van der Waals surface area contributed by atoms with Crippen molar-refractivity contribution in [2.24, 2.45) is 0 Å². The Bertz CT molecular complexity index is 162. The van der Waals surface area contributed by atoms with Crippen molar-refractivity contribution in [3.05, 3.63) is 23.3 Å². The van der Waals surface area contributed by atoms with E-state index in [-0.39, 0.29) is 0 Å². The Labute approximate surface area is 90.3 Å². The average Bonchev–Trinajstić information content (AvgIpc) is 2.00. The van der Waals surface area contributed by atoms with Gasteiger partial charge in [0.2, 0.25) is 0 Å². The Balaban J connectivity index is 3.56. The molecule has 0 aromatic rings. The van der Waals surface area contributed by atoms with Crippen molar-refractivity contribution in [2.75, 3.05) is 4.43 Å². The number of halogens is 1. The molecular formula is C11H19I. The molecule has 0 radical (unpaired) electrons. The summed E-state index contributed by atoms with van der Waals surface area (Å²) in [5.74, 6) is 0. The van der Waals surface area contributed by atoms with Crippen molar-refractivity contribution in [1.82, 2.24) is 0 Å². The molecule has 0 aliphatic carbocycles. The highest BCUT2D eigenvalue weighted by Crippen LogP contribution is 2.07. The molecule has 0 saturated carbocycles. The molecule has 70 valence electrons. The van der Waals surface area contributed by atoms with Crippen molar-refractivity contribution >= 4 is 22.6 Å². The van der Waals surface area contributed by atoms with Gasteiger partial charge in [0.05, 0.1) is 0 Å². The average molecular weight is 278 g/mol. The molecule has 0 saturated heterocycles. The van der Waals surface area contributed by atoms with Crippen LogP contribution < -0.4 is 0 Å². The van der Waals surface area contributed by atoms with E-state index in [2.05, 4.69) is 55.5 Å². The van der Waals surface area contributed by atoms with Crippen LogP contribution in [0.5, 0.6) is 0 Å². The van der Waals surface area contributed by atoms with Crippen molar-refractivity contribution in [3.63, 3.8) is 0 Å². The van der Waals surface area contributed by atoms with E-state index < -0.39 is 0 Å². The van der Waals surface area contributed by atoms with Crippen LogP contribution in [0.2, 0.25) is 0 Å². The summed E-state index contributed by atoms with van der Waals surface area (Å²) in [5.41, 5.74) is 2.96. The first-order valence-electron chi connectivity index (χ1n) is 4.51. The number of hydrogen-bond acceptors (Lipinski definition) is 0. The van der Waals surface area contributed by atoms with Crippen molar-refractivity contribution in [3.8, 4) is 0 Å². The summed E-state index contributed by atoms with van der Waals surface area (Å²) in [7, 11) is 0. The van der Waals surface area contributed by atoms with Gasteiger partial charge in [-0.15, -0.1) is 0 Å². The maximum Gasteiger partial charge on any atom is 0.00300 e. The highest BCUT2D eigenvalue weighted by molar-refractivity contribution is 14.1. The van der Waals surface area contributed by atoms with Gasteiger partial charge in [-0.2, -0.15) is 0 Å². The first-order chi connectivity index (χ1) is 5.66. The molecular weight excluding hydrogens is 259 g/mol. The summed E-state index contributed by atoms with van der Waals surface area (Å²) >= 11 is 2.41. The molecule has 0 aromatic carbocycles. The van der Waals surface area contributed by atoms with Crippen LogP contribution in [0.25, 0.3) is 0 Å². The zero-order valence-corrected chi connectivity index (χ0v) is 10.5. The molecule has 1 heteroatoms. The van der Waals surface area contributed by atoms with Crippen LogP contribution in [0, 0.1) is 0 Å². The van der Waals surface area contributed by atoms with Crippen molar-refractivity contribution < 1.29 is 0 Å². The SMILES string of the molecule is CC(C)=CCCC(C)=CCCI. The molecule has 0 amide bonds. The lowest BCUT2D eigenvalue weighted by Crippen LogP contribution is -1.78. The fourth-order valence-electron chi connectivity index (χ4n) is 0.992. The lowest BCUT2D eigenvalue weighted by atomic mass is 10.1. The molecule has 0 nitrogen and oxygen atoms in total. The third-order valence-corrected chi connectivity index (χ3v) is 2.32. The van der Waals surface area contributed by atoms with Crippen molar-refractivity contribution in [1.29, 1.82) is 0 Å². The van der Waals surface area contributed by atoms with E-state index in [0.717, 1.165) is 0 Å². The second-order valence-corrected chi connectivity index (χ2v) is 4.43. The topological polar surface area (TPSA) is 0 Å². The summed E-state index contributed by atoms with van der Waals surface area (Å²) in [6.07, 6.45) is 8.31. The maximum atomic E-state index is 2.41. The Kier molecular flexibility index (Phi) is 7.98. The van der Waals surface area contributed by atoms with Crippen LogP contribution in [-0.4, -0.2) is 4.43 Å². The highest BCUT2D eigenvalue weighted by atomic mass is 127. The fourth-order valence-corrected chi connectivity index (χ4v) is 1.30. The second-order valence-electron chi connectivity index (χ2n) is 3.35. The first kappa shape index (κ1) is 12.2. The van der Waals surface area contributed by atoms with E-state index >= 15 is 0 Å². The molecule has 0 unspecified atom stereocenters. The molecule has 0 aliphatic heterocycles. The minimum absolute atomic E-state index is 1.20. The predicted octanol–water partition coefficient (Wildman–Crippen LogP) is 4.50. The van der Waals surface area contributed by atoms with E-state index in [0.29, 0.717) is 0 Å². The predicted molar refractivity (Wildman–Crippen MR) is 65.9 cm³/mol. The Morgan fingerprint density at radius 3 is 2.25 bits per heavy atom. The van der Waals surface area contributed by atoms with Gasteiger partial charge in [-0.3, -0.25) is 0 Å². The highest BCUT2D eigenvalue weighted by Gasteiger charge is 1.87. The van der Waals surface area contributed by atoms with Crippen LogP contribution in [0.1, 0.15) is 40.0 Å². The van der Waals surface area contributed by atoms with Crippen LogP contribution >= 0.6 is 22.6 Å².